The van der Waals surface area contributed by atoms with E-state index in [-0.39, 0.29) is 5.91 Å². The zero-order chi connectivity index (χ0) is 21.4. The first kappa shape index (κ1) is 21.8. The Kier molecular flexibility index (Phi) is 7.26. The van der Waals surface area contributed by atoms with Gasteiger partial charge in [0.25, 0.3) is 5.91 Å². The topological polar surface area (TPSA) is 110 Å². The molecule has 2 N–H and O–H groups in total. The Hall–Kier alpha value is -3.47. The van der Waals surface area contributed by atoms with Crippen LogP contribution in [0.3, 0.4) is 0 Å². The number of aliphatic carboxylic acids is 1. The zero-order valence-corrected chi connectivity index (χ0v) is 15.2. The van der Waals surface area contributed by atoms with E-state index in [4.69, 9.17) is 21.5 Å². The molecular formula is C17H13ClF3N5O3. The van der Waals surface area contributed by atoms with Crippen LogP contribution in [-0.4, -0.2) is 43.1 Å². The fourth-order valence-electron chi connectivity index (χ4n) is 1.88. The van der Waals surface area contributed by atoms with E-state index in [1.807, 2.05) is 12.1 Å². The van der Waals surface area contributed by atoms with Crippen LogP contribution in [0.4, 0.5) is 13.2 Å². The van der Waals surface area contributed by atoms with Gasteiger partial charge in [0.15, 0.2) is 0 Å². The lowest BCUT2D eigenvalue weighted by molar-refractivity contribution is -0.192. The highest BCUT2D eigenvalue weighted by Crippen LogP contribution is 2.13. The highest BCUT2D eigenvalue weighted by atomic mass is 35.5. The number of carbonyl (C=O) groups is 2. The summed E-state index contributed by atoms with van der Waals surface area (Å²) in [5.41, 5.74) is 2.07. The maximum absolute atomic E-state index is 12.0. The minimum absolute atomic E-state index is 0.185. The Morgan fingerprint density at radius 1 is 1.10 bits per heavy atom. The van der Waals surface area contributed by atoms with E-state index in [1.165, 1.54) is 0 Å². The van der Waals surface area contributed by atoms with Gasteiger partial charge in [-0.1, -0.05) is 16.8 Å². The number of carbonyl (C=O) groups excluding carboxylic acids is 1. The number of rotatable bonds is 4. The summed E-state index contributed by atoms with van der Waals surface area (Å²) in [6.45, 7) is 0.298. The molecule has 1 amide bonds. The first-order valence-electron chi connectivity index (χ1n) is 7.82. The van der Waals surface area contributed by atoms with Gasteiger partial charge in [-0.25, -0.2) is 9.48 Å². The van der Waals surface area contributed by atoms with Crippen LogP contribution in [0.1, 0.15) is 16.1 Å². The van der Waals surface area contributed by atoms with Gasteiger partial charge in [-0.3, -0.25) is 9.78 Å². The molecule has 0 unspecified atom stereocenters. The van der Waals surface area contributed by atoms with Crippen LogP contribution in [0.5, 0.6) is 0 Å². The molecule has 0 saturated heterocycles. The summed E-state index contributed by atoms with van der Waals surface area (Å²) < 4.78 is 33.4. The molecule has 12 heteroatoms. The highest BCUT2D eigenvalue weighted by molar-refractivity contribution is 6.30. The van der Waals surface area contributed by atoms with Crippen LogP contribution in [0.2, 0.25) is 5.02 Å². The standard InChI is InChI=1S/C15H12ClN5O.C2HF3O2/c16-12-3-1-11(2-4-12)15(22)18-9-13-10-21(20-19-13)14-5-7-17-8-6-14;3-2(4,5)1(6)7/h1-8,10H,9H2,(H,18,22);(H,6,7). The zero-order valence-electron chi connectivity index (χ0n) is 14.5. The average Bonchev–Trinajstić information content (AvgIpc) is 3.16. The molecule has 3 aromatic rings. The van der Waals surface area contributed by atoms with Crippen molar-refractivity contribution in [1.82, 2.24) is 25.3 Å². The van der Waals surface area contributed by atoms with Gasteiger partial charge in [0, 0.05) is 23.0 Å². The number of nitrogens with one attached hydrogen (secondary N) is 1. The van der Waals surface area contributed by atoms with Crippen LogP contribution in [0.15, 0.2) is 55.0 Å². The molecule has 0 saturated carbocycles. The Labute approximate surface area is 166 Å². The van der Waals surface area contributed by atoms with E-state index >= 15 is 0 Å². The fraction of sp³-hybridized carbons (Fsp3) is 0.118. The molecule has 8 nitrogen and oxygen atoms in total. The molecule has 0 aliphatic carbocycles. The number of amides is 1. The van der Waals surface area contributed by atoms with Gasteiger partial charge < -0.3 is 10.4 Å². The van der Waals surface area contributed by atoms with Gasteiger partial charge in [-0.2, -0.15) is 13.2 Å². The Morgan fingerprint density at radius 3 is 2.24 bits per heavy atom. The summed E-state index contributed by atoms with van der Waals surface area (Å²) in [6.07, 6.45) is 0.0372. The molecule has 2 aromatic heterocycles. The number of hydrogen-bond acceptors (Lipinski definition) is 5. The SMILES string of the molecule is O=C(NCc1cn(-c2ccncc2)nn1)c1ccc(Cl)cc1.O=C(O)C(F)(F)F. The second kappa shape index (κ2) is 9.64. The van der Waals surface area contributed by atoms with Crippen molar-refractivity contribution in [1.29, 1.82) is 0 Å². The Bertz CT molecular complexity index is 962. The molecule has 1 aromatic carbocycles. The monoisotopic (exact) mass is 427 g/mol. The second-order valence-electron chi connectivity index (χ2n) is 5.35. The number of hydrogen-bond donors (Lipinski definition) is 2. The summed E-state index contributed by atoms with van der Waals surface area (Å²) >= 11 is 5.79. The van der Waals surface area contributed by atoms with E-state index in [0.29, 0.717) is 22.8 Å². The molecule has 0 fully saturated rings. The Morgan fingerprint density at radius 2 is 1.69 bits per heavy atom. The van der Waals surface area contributed by atoms with Crippen molar-refractivity contribution in [2.75, 3.05) is 0 Å². The second-order valence-corrected chi connectivity index (χ2v) is 5.79. The van der Waals surface area contributed by atoms with Gasteiger partial charge in [0.1, 0.15) is 5.69 Å². The number of carboxylic acids is 1. The highest BCUT2D eigenvalue weighted by Gasteiger charge is 2.38. The van der Waals surface area contributed by atoms with Crippen molar-refractivity contribution in [3.8, 4) is 5.69 Å². The normalized spacial score (nSPS) is 10.6. The van der Waals surface area contributed by atoms with Crippen molar-refractivity contribution >= 4 is 23.5 Å². The van der Waals surface area contributed by atoms with Gasteiger partial charge >= 0.3 is 12.1 Å². The molecule has 3 rings (SSSR count). The quantitative estimate of drug-likeness (QED) is 0.662. The van der Waals surface area contributed by atoms with Gasteiger partial charge in [-0.05, 0) is 36.4 Å². The van der Waals surface area contributed by atoms with E-state index in [0.717, 1.165) is 5.69 Å². The predicted octanol–water partition coefficient (Wildman–Crippen LogP) is 2.88. The largest absolute Gasteiger partial charge is 0.490 e. The third-order valence-corrected chi connectivity index (χ3v) is 3.50. The van der Waals surface area contributed by atoms with Crippen LogP contribution in [-0.2, 0) is 11.3 Å². The average molecular weight is 428 g/mol. The van der Waals surface area contributed by atoms with Gasteiger partial charge in [0.05, 0.1) is 18.4 Å². The third kappa shape index (κ3) is 6.88. The molecule has 2 heterocycles. The van der Waals surface area contributed by atoms with Crippen LogP contribution < -0.4 is 5.32 Å². The van der Waals surface area contributed by atoms with Crippen molar-refractivity contribution in [3.63, 3.8) is 0 Å². The fourth-order valence-corrected chi connectivity index (χ4v) is 2.00. The number of halogens is 4. The molecule has 0 bridgehead atoms. The summed E-state index contributed by atoms with van der Waals surface area (Å²) in [6, 6.07) is 10.3. The number of carboxylic acid groups (broad SMARTS) is 1. The minimum atomic E-state index is -5.08. The number of nitrogens with zero attached hydrogens (tertiary/aromatic N) is 4. The molecule has 0 aliphatic heterocycles. The maximum Gasteiger partial charge on any atom is 0.490 e. The maximum atomic E-state index is 12.0. The molecule has 0 spiro atoms. The van der Waals surface area contributed by atoms with Gasteiger partial charge in [0.2, 0.25) is 0 Å². The first-order chi connectivity index (χ1) is 13.7. The number of pyridine rings is 1. The molecule has 29 heavy (non-hydrogen) atoms. The minimum Gasteiger partial charge on any atom is -0.475 e. The number of alkyl halides is 3. The first-order valence-corrected chi connectivity index (χ1v) is 8.20. The van der Waals surface area contributed by atoms with Crippen molar-refractivity contribution in [2.45, 2.75) is 12.7 Å². The van der Waals surface area contributed by atoms with Gasteiger partial charge in [-0.15, -0.1) is 5.10 Å². The van der Waals surface area contributed by atoms with Crippen molar-refractivity contribution < 1.29 is 27.9 Å². The smallest absolute Gasteiger partial charge is 0.475 e. The van der Waals surface area contributed by atoms with Crippen LogP contribution >= 0.6 is 11.6 Å². The molecule has 0 radical (unpaired) electrons. The lowest BCUT2D eigenvalue weighted by Crippen LogP contribution is -2.22. The van der Waals surface area contributed by atoms with Crippen molar-refractivity contribution in [2.24, 2.45) is 0 Å². The molecular weight excluding hydrogens is 415 g/mol. The predicted molar refractivity (Wildman–Crippen MR) is 95.5 cm³/mol. The van der Waals surface area contributed by atoms with Crippen LogP contribution in [0.25, 0.3) is 5.69 Å². The summed E-state index contributed by atoms with van der Waals surface area (Å²) in [7, 11) is 0. The summed E-state index contributed by atoms with van der Waals surface area (Å²) in [4.78, 5) is 24.8. The van der Waals surface area contributed by atoms with Crippen molar-refractivity contribution in [3.05, 3.63) is 71.3 Å². The van der Waals surface area contributed by atoms with Crippen LogP contribution in [0, 0.1) is 0 Å². The summed E-state index contributed by atoms with van der Waals surface area (Å²) in [5, 5.41) is 18.6. The number of aromatic nitrogens is 4. The lowest BCUT2D eigenvalue weighted by atomic mass is 10.2. The lowest BCUT2D eigenvalue weighted by Gasteiger charge is -2.02. The van der Waals surface area contributed by atoms with E-state index in [2.05, 4.69) is 20.6 Å². The van der Waals surface area contributed by atoms with E-state index in [9.17, 15) is 18.0 Å². The summed E-state index contributed by atoms with van der Waals surface area (Å²) in [5.74, 6) is -2.94. The third-order valence-electron chi connectivity index (χ3n) is 3.25. The molecule has 0 aliphatic rings. The number of benzene rings is 1. The molecule has 152 valence electrons. The van der Waals surface area contributed by atoms with E-state index < -0.39 is 12.1 Å². The van der Waals surface area contributed by atoms with E-state index in [1.54, 1.807) is 47.5 Å². The Balaban J connectivity index is 0.000000370. The molecule has 0 atom stereocenters.